The van der Waals surface area contributed by atoms with Gasteiger partial charge >= 0.3 is 0 Å². The van der Waals surface area contributed by atoms with E-state index in [0.717, 1.165) is 37.9 Å². The van der Waals surface area contributed by atoms with E-state index in [1.807, 2.05) is 36.4 Å². The average molecular weight is 340 g/mol. The predicted molar refractivity (Wildman–Crippen MR) is 86.6 cm³/mol. The lowest BCUT2D eigenvalue weighted by atomic mass is 10.2. The molecule has 0 amide bonds. The molecular formula is C15H10BrN5. The van der Waals surface area contributed by atoms with Crippen molar-refractivity contribution in [1.29, 1.82) is 0 Å². The molecule has 0 saturated carbocycles. The van der Waals surface area contributed by atoms with Gasteiger partial charge in [0.2, 0.25) is 0 Å². The fraction of sp³-hybridized carbons (Fsp3) is 0. The summed E-state index contributed by atoms with van der Waals surface area (Å²) in [6.07, 6.45) is 3.25. The third kappa shape index (κ3) is 2.23. The van der Waals surface area contributed by atoms with Crippen LogP contribution in [0.25, 0.3) is 21.9 Å². The molecule has 0 spiro atoms. The largest absolute Gasteiger partial charge is 0.345 e. The van der Waals surface area contributed by atoms with Gasteiger partial charge in [0.1, 0.15) is 12.1 Å². The van der Waals surface area contributed by atoms with E-state index in [4.69, 9.17) is 0 Å². The zero-order valence-electron chi connectivity index (χ0n) is 10.8. The number of rotatable bonds is 2. The van der Waals surface area contributed by atoms with E-state index in [1.165, 1.54) is 0 Å². The van der Waals surface area contributed by atoms with E-state index < -0.39 is 0 Å². The number of imidazole rings is 1. The molecule has 2 heterocycles. The van der Waals surface area contributed by atoms with Crippen molar-refractivity contribution < 1.29 is 0 Å². The highest BCUT2D eigenvalue weighted by atomic mass is 79.9. The van der Waals surface area contributed by atoms with Crippen LogP contribution < -0.4 is 5.32 Å². The number of halogens is 1. The summed E-state index contributed by atoms with van der Waals surface area (Å²) in [5.74, 6) is 0.778. The second kappa shape index (κ2) is 4.82. The number of anilines is 2. The molecule has 6 heteroatoms. The SMILES string of the molecule is Brc1ccc2ncnc(Nc3ccc4nc[nH]c4c3)c2c1. The molecule has 0 aliphatic rings. The van der Waals surface area contributed by atoms with E-state index in [-0.39, 0.29) is 0 Å². The predicted octanol–water partition coefficient (Wildman–Crippen LogP) is 4.01. The quantitative estimate of drug-likeness (QED) is 0.579. The number of H-pyrrole nitrogens is 1. The third-order valence-corrected chi connectivity index (χ3v) is 3.77. The Bertz CT molecular complexity index is 947. The molecule has 0 atom stereocenters. The summed E-state index contributed by atoms with van der Waals surface area (Å²) in [5.41, 5.74) is 3.78. The monoisotopic (exact) mass is 339 g/mol. The lowest BCUT2D eigenvalue weighted by Gasteiger charge is -2.08. The fourth-order valence-electron chi connectivity index (χ4n) is 2.28. The van der Waals surface area contributed by atoms with Crippen molar-refractivity contribution >= 4 is 49.4 Å². The molecule has 102 valence electrons. The number of nitrogens with one attached hydrogen (secondary N) is 2. The topological polar surface area (TPSA) is 66.5 Å². The summed E-state index contributed by atoms with van der Waals surface area (Å²) in [5, 5.41) is 4.31. The maximum Gasteiger partial charge on any atom is 0.141 e. The van der Waals surface area contributed by atoms with Crippen molar-refractivity contribution in [3.63, 3.8) is 0 Å². The second-order valence-corrected chi connectivity index (χ2v) is 5.56. The first-order valence-electron chi connectivity index (χ1n) is 6.40. The molecule has 2 aromatic carbocycles. The van der Waals surface area contributed by atoms with Crippen molar-refractivity contribution in [2.45, 2.75) is 0 Å². The van der Waals surface area contributed by atoms with Crippen LogP contribution in [0, 0.1) is 0 Å². The molecule has 0 aliphatic heterocycles. The number of benzene rings is 2. The standard InChI is InChI=1S/C15H10BrN5/c16-9-1-3-12-11(5-9)15(20-8-17-12)21-10-2-4-13-14(6-10)19-7-18-13/h1-8H,(H,18,19)(H,17,20,21). The van der Waals surface area contributed by atoms with E-state index >= 15 is 0 Å². The van der Waals surface area contributed by atoms with Gasteiger partial charge in [0.15, 0.2) is 0 Å². The molecule has 5 nitrogen and oxygen atoms in total. The summed E-state index contributed by atoms with van der Waals surface area (Å²) in [4.78, 5) is 15.9. The van der Waals surface area contributed by atoms with Gasteiger partial charge in [-0.2, -0.15) is 0 Å². The van der Waals surface area contributed by atoms with Crippen molar-refractivity contribution in [3.8, 4) is 0 Å². The molecule has 0 fully saturated rings. The van der Waals surface area contributed by atoms with E-state index in [2.05, 4.69) is 41.2 Å². The van der Waals surface area contributed by atoms with Crippen LogP contribution in [0.4, 0.5) is 11.5 Å². The molecule has 2 aromatic heterocycles. The Morgan fingerprint density at radius 2 is 1.86 bits per heavy atom. The Balaban J connectivity index is 1.81. The second-order valence-electron chi connectivity index (χ2n) is 4.64. The summed E-state index contributed by atoms with van der Waals surface area (Å²) >= 11 is 3.48. The highest BCUT2D eigenvalue weighted by Gasteiger charge is 2.05. The van der Waals surface area contributed by atoms with Gasteiger partial charge in [0, 0.05) is 15.5 Å². The normalized spacial score (nSPS) is 11.1. The van der Waals surface area contributed by atoms with Crippen LogP contribution in [0.5, 0.6) is 0 Å². The van der Waals surface area contributed by atoms with Gasteiger partial charge in [0.05, 0.1) is 22.9 Å². The van der Waals surface area contributed by atoms with Crippen LogP contribution in [0.3, 0.4) is 0 Å². The summed E-state index contributed by atoms with van der Waals surface area (Å²) in [7, 11) is 0. The Labute approximate surface area is 128 Å². The maximum atomic E-state index is 4.34. The number of hydrogen-bond donors (Lipinski definition) is 2. The third-order valence-electron chi connectivity index (χ3n) is 3.28. The molecular weight excluding hydrogens is 330 g/mol. The minimum absolute atomic E-state index is 0.778. The molecule has 4 rings (SSSR count). The number of nitrogens with zero attached hydrogens (tertiary/aromatic N) is 3. The fourth-order valence-corrected chi connectivity index (χ4v) is 2.64. The lowest BCUT2D eigenvalue weighted by molar-refractivity contribution is 1.22. The van der Waals surface area contributed by atoms with Crippen molar-refractivity contribution in [2.24, 2.45) is 0 Å². The molecule has 2 N–H and O–H groups in total. The van der Waals surface area contributed by atoms with E-state index in [9.17, 15) is 0 Å². The Morgan fingerprint density at radius 3 is 2.81 bits per heavy atom. The van der Waals surface area contributed by atoms with Gasteiger partial charge in [-0.3, -0.25) is 0 Å². The van der Waals surface area contributed by atoms with E-state index in [1.54, 1.807) is 12.7 Å². The molecule has 0 unspecified atom stereocenters. The van der Waals surface area contributed by atoms with Crippen LogP contribution >= 0.6 is 15.9 Å². The first-order valence-corrected chi connectivity index (χ1v) is 7.19. The molecule has 0 saturated heterocycles. The molecule has 0 radical (unpaired) electrons. The zero-order valence-corrected chi connectivity index (χ0v) is 12.4. The highest BCUT2D eigenvalue weighted by Crippen LogP contribution is 2.26. The molecule has 0 aliphatic carbocycles. The van der Waals surface area contributed by atoms with Crippen LogP contribution in [-0.4, -0.2) is 19.9 Å². The smallest absolute Gasteiger partial charge is 0.141 e. The number of aromatic nitrogens is 4. The van der Waals surface area contributed by atoms with Gasteiger partial charge < -0.3 is 10.3 Å². The van der Waals surface area contributed by atoms with Crippen molar-refractivity contribution in [1.82, 2.24) is 19.9 Å². The van der Waals surface area contributed by atoms with Crippen molar-refractivity contribution in [3.05, 3.63) is 53.5 Å². The van der Waals surface area contributed by atoms with Crippen LogP contribution in [0.1, 0.15) is 0 Å². The maximum absolute atomic E-state index is 4.34. The lowest BCUT2D eigenvalue weighted by Crippen LogP contribution is -1.96. The number of hydrogen-bond acceptors (Lipinski definition) is 4. The van der Waals surface area contributed by atoms with Gasteiger partial charge in [-0.25, -0.2) is 15.0 Å². The van der Waals surface area contributed by atoms with E-state index in [0.29, 0.717) is 0 Å². The van der Waals surface area contributed by atoms with Gasteiger partial charge in [0.25, 0.3) is 0 Å². The first-order chi connectivity index (χ1) is 10.3. The average Bonchev–Trinajstić information content (AvgIpc) is 2.95. The molecule has 0 bridgehead atoms. The number of aromatic amines is 1. The van der Waals surface area contributed by atoms with Gasteiger partial charge in [-0.15, -0.1) is 0 Å². The molecule has 21 heavy (non-hydrogen) atoms. The highest BCUT2D eigenvalue weighted by molar-refractivity contribution is 9.10. The Hall–Kier alpha value is -2.47. The molecule has 4 aromatic rings. The Kier molecular flexibility index (Phi) is 2.82. The van der Waals surface area contributed by atoms with Gasteiger partial charge in [-0.05, 0) is 36.4 Å². The Morgan fingerprint density at radius 1 is 0.952 bits per heavy atom. The summed E-state index contributed by atoms with van der Waals surface area (Å²) in [6, 6.07) is 11.9. The van der Waals surface area contributed by atoms with Crippen molar-refractivity contribution in [2.75, 3.05) is 5.32 Å². The minimum Gasteiger partial charge on any atom is -0.345 e. The van der Waals surface area contributed by atoms with Gasteiger partial charge in [-0.1, -0.05) is 15.9 Å². The minimum atomic E-state index is 0.778. The van der Waals surface area contributed by atoms with Crippen LogP contribution in [0.15, 0.2) is 53.5 Å². The summed E-state index contributed by atoms with van der Waals surface area (Å²) in [6.45, 7) is 0. The first kappa shape index (κ1) is 12.3. The number of fused-ring (bicyclic) bond motifs is 2. The van der Waals surface area contributed by atoms with Crippen LogP contribution in [0.2, 0.25) is 0 Å². The zero-order chi connectivity index (χ0) is 14.2. The van der Waals surface area contributed by atoms with Crippen LogP contribution in [-0.2, 0) is 0 Å². The summed E-state index contributed by atoms with van der Waals surface area (Å²) < 4.78 is 0.997.